The number of rotatable bonds is 7. The molecule has 0 atom stereocenters. The van der Waals surface area contributed by atoms with Crippen LogP contribution in [-0.2, 0) is 13.1 Å². The van der Waals surface area contributed by atoms with Crippen molar-refractivity contribution in [1.82, 2.24) is 15.3 Å². The van der Waals surface area contributed by atoms with E-state index in [1.165, 1.54) is 0 Å². The van der Waals surface area contributed by atoms with E-state index >= 15 is 0 Å². The van der Waals surface area contributed by atoms with Gasteiger partial charge in [0, 0.05) is 43.7 Å². The lowest BCUT2D eigenvalue weighted by Gasteiger charge is -2.16. The van der Waals surface area contributed by atoms with Gasteiger partial charge in [-0.05, 0) is 25.5 Å². The molecule has 0 bridgehead atoms. The topological polar surface area (TPSA) is 54.2 Å². The molecule has 2 heterocycles. The second-order valence-electron chi connectivity index (χ2n) is 5.77. The largest absolute Gasteiger partial charge is 0.469 e. The molecule has 5 heteroatoms. The highest BCUT2D eigenvalue weighted by Gasteiger charge is 2.08. The number of aryl methyl sites for hydroxylation is 1. The Morgan fingerprint density at radius 1 is 1.29 bits per heavy atom. The van der Waals surface area contributed by atoms with E-state index in [1.54, 1.807) is 6.26 Å². The van der Waals surface area contributed by atoms with Crippen LogP contribution in [-0.4, -0.2) is 23.6 Å². The molecule has 1 N–H and O–H groups in total. The first kappa shape index (κ1) is 15.5. The van der Waals surface area contributed by atoms with E-state index < -0.39 is 0 Å². The van der Waals surface area contributed by atoms with Crippen molar-refractivity contribution < 1.29 is 4.42 Å². The summed E-state index contributed by atoms with van der Waals surface area (Å²) in [5.41, 5.74) is 2.26. The SMILES string of the molecule is Cc1occc1CN(C)c1ncc(CNCC(C)C)cn1. The standard InChI is InChI=1S/C16H24N4O/c1-12(2)7-17-8-14-9-18-16(19-10-14)20(4)11-15-5-6-21-13(15)3/h5-6,9-10,12,17H,7-8,11H2,1-4H3. The zero-order valence-electron chi connectivity index (χ0n) is 13.3. The molecule has 21 heavy (non-hydrogen) atoms. The van der Waals surface area contributed by atoms with Crippen LogP contribution in [0, 0.1) is 12.8 Å². The average Bonchev–Trinajstić information content (AvgIpc) is 2.84. The van der Waals surface area contributed by atoms with Crippen molar-refractivity contribution in [3.63, 3.8) is 0 Å². The van der Waals surface area contributed by atoms with Crippen LogP contribution in [0.15, 0.2) is 29.1 Å². The summed E-state index contributed by atoms with van der Waals surface area (Å²) in [6, 6.07) is 1.98. The van der Waals surface area contributed by atoms with Gasteiger partial charge in [0.2, 0.25) is 5.95 Å². The Morgan fingerprint density at radius 2 is 2.00 bits per heavy atom. The maximum atomic E-state index is 5.31. The van der Waals surface area contributed by atoms with Crippen LogP contribution in [0.2, 0.25) is 0 Å². The predicted octanol–water partition coefficient (Wildman–Crippen LogP) is 2.76. The van der Waals surface area contributed by atoms with Crippen molar-refractivity contribution in [2.24, 2.45) is 5.92 Å². The molecule has 0 saturated heterocycles. The fraction of sp³-hybridized carbons (Fsp3) is 0.500. The lowest BCUT2D eigenvalue weighted by molar-refractivity contribution is 0.529. The number of anilines is 1. The van der Waals surface area contributed by atoms with E-state index in [9.17, 15) is 0 Å². The zero-order chi connectivity index (χ0) is 15.2. The molecule has 0 amide bonds. The molecule has 0 fully saturated rings. The first-order valence-corrected chi connectivity index (χ1v) is 7.32. The lowest BCUT2D eigenvalue weighted by Crippen LogP contribution is -2.21. The van der Waals surface area contributed by atoms with Gasteiger partial charge in [0.15, 0.2) is 0 Å². The third-order valence-electron chi connectivity index (χ3n) is 3.29. The number of hydrogen-bond donors (Lipinski definition) is 1. The van der Waals surface area contributed by atoms with Gasteiger partial charge in [-0.15, -0.1) is 0 Å². The molecule has 114 valence electrons. The summed E-state index contributed by atoms with van der Waals surface area (Å²) >= 11 is 0. The second-order valence-corrected chi connectivity index (χ2v) is 5.77. The summed E-state index contributed by atoms with van der Waals surface area (Å²) in [6.45, 7) is 8.91. The summed E-state index contributed by atoms with van der Waals surface area (Å²) in [5, 5.41) is 3.39. The molecule has 0 unspecified atom stereocenters. The van der Waals surface area contributed by atoms with E-state index in [2.05, 4.69) is 29.1 Å². The number of hydrogen-bond acceptors (Lipinski definition) is 5. The van der Waals surface area contributed by atoms with E-state index in [4.69, 9.17) is 4.42 Å². The van der Waals surface area contributed by atoms with Crippen molar-refractivity contribution in [3.8, 4) is 0 Å². The summed E-state index contributed by atoms with van der Waals surface area (Å²) < 4.78 is 5.31. The van der Waals surface area contributed by atoms with Crippen LogP contribution in [0.25, 0.3) is 0 Å². The average molecular weight is 288 g/mol. The number of nitrogens with zero attached hydrogens (tertiary/aromatic N) is 3. The smallest absolute Gasteiger partial charge is 0.225 e. The first-order chi connectivity index (χ1) is 10.1. The predicted molar refractivity (Wildman–Crippen MR) is 84.1 cm³/mol. The molecule has 0 aliphatic rings. The van der Waals surface area contributed by atoms with Gasteiger partial charge >= 0.3 is 0 Å². The highest BCUT2D eigenvalue weighted by Crippen LogP contribution is 2.14. The molecular formula is C16H24N4O. The summed E-state index contributed by atoms with van der Waals surface area (Å²) in [7, 11) is 1.98. The normalized spacial score (nSPS) is 11.1. The van der Waals surface area contributed by atoms with Crippen molar-refractivity contribution in [2.45, 2.75) is 33.9 Å². The van der Waals surface area contributed by atoms with Gasteiger partial charge in [0.1, 0.15) is 5.76 Å². The first-order valence-electron chi connectivity index (χ1n) is 7.32. The molecule has 0 aromatic carbocycles. The van der Waals surface area contributed by atoms with Crippen LogP contribution in [0.5, 0.6) is 0 Å². The van der Waals surface area contributed by atoms with E-state index in [1.807, 2.05) is 37.3 Å². The molecule has 0 aliphatic carbocycles. The van der Waals surface area contributed by atoms with Crippen molar-refractivity contribution in [2.75, 3.05) is 18.5 Å². The van der Waals surface area contributed by atoms with Crippen LogP contribution in [0.3, 0.4) is 0 Å². The van der Waals surface area contributed by atoms with Gasteiger partial charge in [-0.3, -0.25) is 0 Å². The minimum absolute atomic E-state index is 0.648. The van der Waals surface area contributed by atoms with E-state index in [0.29, 0.717) is 5.92 Å². The number of aromatic nitrogens is 2. The highest BCUT2D eigenvalue weighted by molar-refractivity contribution is 5.31. The Morgan fingerprint density at radius 3 is 2.57 bits per heavy atom. The van der Waals surface area contributed by atoms with Crippen molar-refractivity contribution in [1.29, 1.82) is 0 Å². The third-order valence-corrected chi connectivity index (χ3v) is 3.29. The summed E-state index contributed by atoms with van der Waals surface area (Å²) in [6.07, 6.45) is 5.48. The van der Waals surface area contributed by atoms with E-state index in [-0.39, 0.29) is 0 Å². The maximum absolute atomic E-state index is 5.31. The van der Waals surface area contributed by atoms with Gasteiger partial charge in [0.25, 0.3) is 0 Å². The highest BCUT2D eigenvalue weighted by atomic mass is 16.3. The quantitative estimate of drug-likeness (QED) is 0.849. The van der Waals surface area contributed by atoms with E-state index in [0.717, 1.165) is 42.5 Å². The Bertz CT molecular complexity index is 548. The fourth-order valence-corrected chi connectivity index (χ4v) is 2.04. The van der Waals surface area contributed by atoms with Gasteiger partial charge in [-0.1, -0.05) is 13.8 Å². The van der Waals surface area contributed by atoms with Gasteiger partial charge in [-0.2, -0.15) is 0 Å². The molecule has 0 saturated carbocycles. The molecular weight excluding hydrogens is 264 g/mol. The van der Waals surface area contributed by atoms with Crippen molar-refractivity contribution in [3.05, 3.63) is 41.6 Å². The van der Waals surface area contributed by atoms with Crippen LogP contribution >= 0.6 is 0 Å². The number of nitrogens with one attached hydrogen (secondary N) is 1. The Labute approximate surface area is 126 Å². The molecule has 0 aliphatic heterocycles. The molecule has 2 aromatic rings. The lowest BCUT2D eigenvalue weighted by atomic mass is 10.2. The van der Waals surface area contributed by atoms with Crippen LogP contribution < -0.4 is 10.2 Å². The minimum Gasteiger partial charge on any atom is -0.469 e. The minimum atomic E-state index is 0.648. The van der Waals surface area contributed by atoms with Crippen molar-refractivity contribution >= 4 is 5.95 Å². The van der Waals surface area contributed by atoms with Gasteiger partial charge < -0.3 is 14.6 Å². The Hall–Kier alpha value is -1.88. The summed E-state index contributed by atoms with van der Waals surface area (Å²) in [4.78, 5) is 10.9. The maximum Gasteiger partial charge on any atom is 0.225 e. The molecule has 2 rings (SSSR count). The molecule has 0 radical (unpaired) electrons. The zero-order valence-corrected chi connectivity index (χ0v) is 13.3. The Kier molecular flexibility index (Phi) is 5.33. The van der Waals surface area contributed by atoms with Gasteiger partial charge in [-0.25, -0.2) is 9.97 Å². The third kappa shape index (κ3) is 4.56. The fourth-order valence-electron chi connectivity index (χ4n) is 2.04. The molecule has 5 nitrogen and oxygen atoms in total. The second kappa shape index (κ2) is 7.22. The Balaban J connectivity index is 1.90. The van der Waals surface area contributed by atoms with Gasteiger partial charge in [0.05, 0.1) is 6.26 Å². The number of furan rings is 1. The van der Waals surface area contributed by atoms with Crippen LogP contribution in [0.4, 0.5) is 5.95 Å². The summed E-state index contributed by atoms with van der Waals surface area (Å²) in [5.74, 6) is 2.31. The molecule has 0 spiro atoms. The van der Waals surface area contributed by atoms with Crippen LogP contribution in [0.1, 0.15) is 30.7 Å². The molecule has 2 aromatic heterocycles. The monoisotopic (exact) mass is 288 g/mol.